The van der Waals surface area contributed by atoms with Crippen LogP contribution in [-0.4, -0.2) is 48.7 Å². The van der Waals surface area contributed by atoms with Gasteiger partial charge in [-0.3, -0.25) is 9.59 Å². The van der Waals surface area contributed by atoms with E-state index in [0.29, 0.717) is 12.3 Å². The van der Waals surface area contributed by atoms with Crippen LogP contribution in [0.1, 0.15) is 45.4 Å². The third-order valence-corrected chi connectivity index (χ3v) is 4.02. The molecule has 0 bridgehead atoms. The Morgan fingerprint density at radius 3 is 2.41 bits per heavy atom. The van der Waals surface area contributed by atoms with Gasteiger partial charge in [0.05, 0.1) is 13.2 Å². The van der Waals surface area contributed by atoms with E-state index in [-0.39, 0.29) is 19.1 Å². The molecular weight excluding hydrogens is 288 g/mol. The van der Waals surface area contributed by atoms with Crippen molar-refractivity contribution < 1.29 is 24.2 Å². The van der Waals surface area contributed by atoms with Crippen LogP contribution in [-0.2, 0) is 19.1 Å². The van der Waals surface area contributed by atoms with E-state index in [1.165, 1.54) is 39.7 Å². The van der Waals surface area contributed by atoms with Crippen molar-refractivity contribution >= 4 is 17.8 Å². The standard InChI is InChI=1S/C15H26N2O5/c1-15(10-22-2,14(20)21)17-13(19)9-16-12(18)8-7-11-5-3-4-6-11/h11H,3-10H2,1-2H3,(H,16,18)(H,17,19)(H,20,21). The molecule has 1 saturated carbocycles. The Kier molecular flexibility index (Phi) is 7.31. The molecule has 1 unspecified atom stereocenters. The molecule has 0 saturated heterocycles. The largest absolute Gasteiger partial charge is 0.479 e. The van der Waals surface area contributed by atoms with Crippen LogP contribution >= 0.6 is 0 Å². The lowest BCUT2D eigenvalue weighted by molar-refractivity contribution is -0.149. The van der Waals surface area contributed by atoms with Crippen molar-refractivity contribution in [1.29, 1.82) is 0 Å². The predicted molar refractivity (Wildman–Crippen MR) is 80.3 cm³/mol. The predicted octanol–water partition coefficient (Wildman–Crippen LogP) is 0.679. The molecule has 1 fully saturated rings. The zero-order valence-electron chi connectivity index (χ0n) is 13.3. The number of carbonyl (C=O) groups excluding carboxylic acids is 2. The topological polar surface area (TPSA) is 105 Å². The van der Waals surface area contributed by atoms with Crippen LogP contribution in [0.4, 0.5) is 0 Å². The van der Waals surface area contributed by atoms with Gasteiger partial charge < -0.3 is 20.5 Å². The monoisotopic (exact) mass is 314 g/mol. The fourth-order valence-corrected chi connectivity index (χ4v) is 2.69. The van der Waals surface area contributed by atoms with Gasteiger partial charge in [-0.05, 0) is 19.3 Å². The number of methoxy groups -OCH3 is 1. The summed E-state index contributed by atoms with van der Waals surface area (Å²) in [5, 5.41) is 14.0. The summed E-state index contributed by atoms with van der Waals surface area (Å²) < 4.78 is 4.81. The first-order valence-corrected chi connectivity index (χ1v) is 7.67. The summed E-state index contributed by atoms with van der Waals surface area (Å²) in [7, 11) is 1.36. The maximum absolute atomic E-state index is 11.8. The minimum atomic E-state index is -1.50. The number of amides is 2. The minimum absolute atomic E-state index is 0.149. The summed E-state index contributed by atoms with van der Waals surface area (Å²) in [6.45, 7) is 0.985. The van der Waals surface area contributed by atoms with Crippen molar-refractivity contribution in [2.45, 2.75) is 51.0 Å². The molecule has 0 spiro atoms. The maximum Gasteiger partial charge on any atom is 0.331 e. The van der Waals surface area contributed by atoms with E-state index in [1.807, 2.05) is 0 Å². The number of rotatable bonds is 9. The zero-order chi connectivity index (χ0) is 16.6. The van der Waals surface area contributed by atoms with Crippen molar-refractivity contribution in [2.75, 3.05) is 20.3 Å². The molecule has 7 nitrogen and oxygen atoms in total. The number of nitrogens with one attached hydrogen (secondary N) is 2. The molecule has 0 aliphatic heterocycles. The molecule has 1 rings (SSSR count). The normalized spacial score (nSPS) is 17.7. The molecule has 126 valence electrons. The second-order valence-corrected chi connectivity index (χ2v) is 6.08. The van der Waals surface area contributed by atoms with Gasteiger partial charge >= 0.3 is 5.97 Å². The van der Waals surface area contributed by atoms with Gasteiger partial charge in [-0.15, -0.1) is 0 Å². The summed E-state index contributed by atoms with van der Waals surface area (Å²) in [6, 6.07) is 0. The Hall–Kier alpha value is -1.63. The third kappa shape index (κ3) is 6.01. The Morgan fingerprint density at radius 1 is 1.23 bits per heavy atom. The lowest BCUT2D eigenvalue weighted by Crippen LogP contribution is -2.57. The molecule has 3 N–H and O–H groups in total. The second kappa shape index (κ2) is 8.73. The van der Waals surface area contributed by atoms with Crippen LogP contribution in [0.2, 0.25) is 0 Å². The van der Waals surface area contributed by atoms with Crippen molar-refractivity contribution in [3.63, 3.8) is 0 Å². The van der Waals surface area contributed by atoms with E-state index in [0.717, 1.165) is 6.42 Å². The lowest BCUT2D eigenvalue weighted by atomic mass is 10.0. The summed E-state index contributed by atoms with van der Waals surface area (Å²) in [6.07, 6.45) is 6.10. The average molecular weight is 314 g/mol. The van der Waals surface area contributed by atoms with Gasteiger partial charge in [0.25, 0.3) is 0 Å². The fraction of sp³-hybridized carbons (Fsp3) is 0.800. The van der Waals surface area contributed by atoms with Crippen LogP contribution in [0.25, 0.3) is 0 Å². The van der Waals surface area contributed by atoms with Gasteiger partial charge in [0.15, 0.2) is 5.54 Å². The molecule has 1 aliphatic rings. The van der Waals surface area contributed by atoms with Gasteiger partial charge in [-0.25, -0.2) is 4.79 Å². The van der Waals surface area contributed by atoms with Gasteiger partial charge in [0, 0.05) is 13.5 Å². The van der Waals surface area contributed by atoms with Crippen LogP contribution in [0.3, 0.4) is 0 Å². The number of carboxylic acid groups (broad SMARTS) is 1. The first kappa shape index (κ1) is 18.4. The van der Waals surface area contributed by atoms with E-state index in [2.05, 4.69) is 10.6 Å². The summed E-state index contributed by atoms with van der Waals surface area (Å²) in [5.41, 5.74) is -1.50. The number of ether oxygens (including phenoxy) is 1. The van der Waals surface area contributed by atoms with Crippen molar-refractivity contribution in [2.24, 2.45) is 5.92 Å². The highest BCUT2D eigenvalue weighted by atomic mass is 16.5. The van der Waals surface area contributed by atoms with Gasteiger partial charge in [0.2, 0.25) is 11.8 Å². The molecular formula is C15H26N2O5. The fourth-order valence-electron chi connectivity index (χ4n) is 2.69. The van der Waals surface area contributed by atoms with Crippen molar-refractivity contribution in [3.05, 3.63) is 0 Å². The first-order chi connectivity index (χ1) is 10.4. The molecule has 1 aliphatic carbocycles. The minimum Gasteiger partial charge on any atom is -0.479 e. The highest BCUT2D eigenvalue weighted by Gasteiger charge is 2.34. The molecule has 0 aromatic heterocycles. The molecule has 1 atom stereocenters. The number of hydrogen-bond acceptors (Lipinski definition) is 4. The number of carboxylic acids is 1. The van der Waals surface area contributed by atoms with Gasteiger partial charge in [-0.2, -0.15) is 0 Å². The molecule has 0 radical (unpaired) electrons. The van der Waals surface area contributed by atoms with Crippen LogP contribution < -0.4 is 10.6 Å². The molecule has 7 heteroatoms. The zero-order valence-corrected chi connectivity index (χ0v) is 13.3. The summed E-state index contributed by atoms with van der Waals surface area (Å²) in [5.74, 6) is -1.28. The Morgan fingerprint density at radius 2 is 1.86 bits per heavy atom. The van der Waals surface area contributed by atoms with Crippen molar-refractivity contribution in [1.82, 2.24) is 10.6 Å². The molecule has 0 heterocycles. The Labute approximate surface area is 130 Å². The van der Waals surface area contributed by atoms with E-state index >= 15 is 0 Å². The maximum atomic E-state index is 11.8. The lowest BCUT2D eigenvalue weighted by Gasteiger charge is -2.25. The SMILES string of the molecule is COCC(C)(NC(=O)CNC(=O)CCC1CCCC1)C(=O)O. The average Bonchev–Trinajstić information content (AvgIpc) is 2.96. The van der Waals surface area contributed by atoms with Crippen LogP contribution in [0, 0.1) is 5.92 Å². The van der Waals surface area contributed by atoms with E-state index in [1.54, 1.807) is 0 Å². The highest BCUT2D eigenvalue weighted by Crippen LogP contribution is 2.28. The number of aliphatic carboxylic acids is 1. The van der Waals surface area contributed by atoms with Gasteiger partial charge in [-0.1, -0.05) is 25.7 Å². The highest BCUT2D eigenvalue weighted by molar-refractivity contribution is 5.89. The third-order valence-electron chi connectivity index (χ3n) is 4.02. The van der Waals surface area contributed by atoms with Crippen LogP contribution in [0.5, 0.6) is 0 Å². The number of carbonyl (C=O) groups is 3. The smallest absolute Gasteiger partial charge is 0.331 e. The van der Waals surface area contributed by atoms with E-state index < -0.39 is 17.4 Å². The van der Waals surface area contributed by atoms with Crippen LogP contribution in [0.15, 0.2) is 0 Å². The molecule has 0 aromatic rings. The Bertz CT molecular complexity index is 407. The molecule has 22 heavy (non-hydrogen) atoms. The second-order valence-electron chi connectivity index (χ2n) is 6.08. The van der Waals surface area contributed by atoms with Crippen molar-refractivity contribution in [3.8, 4) is 0 Å². The first-order valence-electron chi connectivity index (χ1n) is 7.67. The Balaban J connectivity index is 2.28. The molecule has 2 amide bonds. The van der Waals surface area contributed by atoms with Gasteiger partial charge in [0.1, 0.15) is 0 Å². The summed E-state index contributed by atoms with van der Waals surface area (Å²) in [4.78, 5) is 34.6. The quantitative estimate of drug-likeness (QED) is 0.580. The number of hydrogen-bond donors (Lipinski definition) is 3. The van der Waals surface area contributed by atoms with E-state index in [4.69, 9.17) is 9.84 Å². The molecule has 0 aromatic carbocycles. The van der Waals surface area contributed by atoms with E-state index in [9.17, 15) is 14.4 Å². The summed E-state index contributed by atoms with van der Waals surface area (Å²) >= 11 is 0.